The van der Waals surface area contributed by atoms with Crippen molar-refractivity contribution in [1.82, 2.24) is 20.1 Å². The Morgan fingerprint density at radius 3 is 2.64 bits per heavy atom. The minimum atomic E-state index is -0.146. The van der Waals surface area contributed by atoms with Gasteiger partial charge in [0, 0.05) is 25.0 Å². The smallest absolute Gasteiger partial charge is 0.315 e. The highest BCUT2D eigenvalue weighted by molar-refractivity contribution is 5.73. The number of urea groups is 1. The standard InChI is InChI=1S/C19H28N4O2/c1-15-8-9-16(22(15)2)13-20-19(24)21-14-17(18-7-6-12-25-18)23-10-4-3-5-11-23/h6-9,12,17H,3-5,10-11,13-14H2,1-2H3,(H2,20,21,24)/t17-/m1/s1. The normalized spacial score (nSPS) is 16.6. The predicted octanol–water partition coefficient (Wildman–Crippen LogP) is 2.95. The molecule has 0 bridgehead atoms. The molecule has 0 aromatic carbocycles. The maximum atomic E-state index is 12.2. The summed E-state index contributed by atoms with van der Waals surface area (Å²) in [5, 5.41) is 5.94. The number of hydrogen-bond donors (Lipinski definition) is 2. The van der Waals surface area contributed by atoms with Gasteiger partial charge in [0.1, 0.15) is 5.76 Å². The van der Waals surface area contributed by atoms with E-state index in [4.69, 9.17) is 4.42 Å². The summed E-state index contributed by atoms with van der Waals surface area (Å²) in [4.78, 5) is 14.6. The quantitative estimate of drug-likeness (QED) is 0.847. The van der Waals surface area contributed by atoms with E-state index in [1.807, 2.05) is 25.2 Å². The van der Waals surface area contributed by atoms with Crippen molar-refractivity contribution in [3.63, 3.8) is 0 Å². The van der Waals surface area contributed by atoms with Gasteiger partial charge >= 0.3 is 6.03 Å². The Morgan fingerprint density at radius 2 is 2.00 bits per heavy atom. The van der Waals surface area contributed by atoms with Crippen molar-refractivity contribution in [2.24, 2.45) is 7.05 Å². The molecule has 1 saturated heterocycles. The summed E-state index contributed by atoms with van der Waals surface area (Å²) in [6.45, 7) is 5.22. The Balaban J connectivity index is 1.53. The number of rotatable bonds is 6. The predicted molar refractivity (Wildman–Crippen MR) is 97.3 cm³/mol. The number of carbonyl (C=O) groups excluding carboxylic acids is 1. The molecule has 0 unspecified atom stereocenters. The van der Waals surface area contributed by atoms with E-state index < -0.39 is 0 Å². The third kappa shape index (κ3) is 4.45. The van der Waals surface area contributed by atoms with Gasteiger partial charge in [-0.3, -0.25) is 4.90 Å². The summed E-state index contributed by atoms with van der Waals surface area (Å²) in [6, 6.07) is 7.94. The topological polar surface area (TPSA) is 62.4 Å². The molecule has 1 fully saturated rings. The number of piperidine rings is 1. The van der Waals surface area contributed by atoms with Gasteiger partial charge in [0.15, 0.2) is 0 Å². The molecule has 2 aromatic heterocycles. The molecule has 1 aliphatic heterocycles. The van der Waals surface area contributed by atoms with Crippen molar-refractivity contribution in [1.29, 1.82) is 0 Å². The molecule has 2 amide bonds. The SMILES string of the molecule is Cc1ccc(CNC(=O)NC[C@H](c2ccco2)N2CCCCC2)n1C. The summed E-state index contributed by atoms with van der Waals surface area (Å²) < 4.78 is 7.70. The summed E-state index contributed by atoms with van der Waals surface area (Å²) in [5.74, 6) is 0.917. The molecule has 6 heteroatoms. The molecule has 0 radical (unpaired) electrons. The van der Waals surface area contributed by atoms with Crippen LogP contribution in [-0.2, 0) is 13.6 Å². The summed E-state index contributed by atoms with van der Waals surface area (Å²) >= 11 is 0. The lowest BCUT2D eigenvalue weighted by atomic mass is 10.1. The fraction of sp³-hybridized carbons (Fsp3) is 0.526. The monoisotopic (exact) mass is 344 g/mol. The number of aromatic nitrogens is 1. The first-order chi connectivity index (χ1) is 12.1. The van der Waals surface area contributed by atoms with E-state index in [0.717, 1.165) is 24.5 Å². The molecule has 2 aromatic rings. The lowest BCUT2D eigenvalue weighted by molar-refractivity contribution is 0.143. The van der Waals surface area contributed by atoms with Crippen LogP contribution in [0.25, 0.3) is 0 Å². The van der Waals surface area contributed by atoms with Crippen LogP contribution in [0.3, 0.4) is 0 Å². The maximum Gasteiger partial charge on any atom is 0.315 e. The minimum Gasteiger partial charge on any atom is -0.468 e. The van der Waals surface area contributed by atoms with Gasteiger partial charge in [-0.15, -0.1) is 0 Å². The van der Waals surface area contributed by atoms with Gasteiger partial charge in [-0.1, -0.05) is 6.42 Å². The number of furan rings is 1. The fourth-order valence-electron chi connectivity index (χ4n) is 3.39. The number of hydrogen-bond acceptors (Lipinski definition) is 3. The highest BCUT2D eigenvalue weighted by atomic mass is 16.3. The number of aryl methyl sites for hydroxylation is 1. The average molecular weight is 344 g/mol. The van der Waals surface area contributed by atoms with Crippen LogP contribution in [0.2, 0.25) is 0 Å². The second kappa shape index (κ2) is 8.25. The Bertz CT molecular complexity index is 672. The van der Waals surface area contributed by atoms with Gasteiger partial charge in [-0.25, -0.2) is 4.79 Å². The van der Waals surface area contributed by atoms with Crippen LogP contribution in [0.15, 0.2) is 34.9 Å². The highest BCUT2D eigenvalue weighted by Crippen LogP contribution is 2.24. The molecule has 3 heterocycles. The average Bonchev–Trinajstić information content (AvgIpc) is 3.26. The van der Waals surface area contributed by atoms with Crippen LogP contribution in [0.1, 0.15) is 42.5 Å². The zero-order valence-electron chi connectivity index (χ0n) is 15.1. The van der Waals surface area contributed by atoms with E-state index in [1.165, 1.54) is 25.0 Å². The van der Waals surface area contributed by atoms with Crippen LogP contribution in [0.4, 0.5) is 4.79 Å². The van der Waals surface area contributed by atoms with E-state index >= 15 is 0 Å². The number of nitrogens with zero attached hydrogens (tertiary/aromatic N) is 2. The summed E-state index contributed by atoms with van der Waals surface area (Å²) in [5.41, 5.74) is 2.27. The molecule has 0 saturated carbocycles. The first kappa shape index (κ1) is 17.6. The fourth-order valence-corrected chi connectivity index (χ4v) is 3.39. The van der Waals surface area contributed by atoms with Crippen molar-refractivity contribution in [3.05, 3.63) is 47.7 Å². The Morgan fingerprint density at radius 1 is 1.20 bits per heavy atom. The molecule has 3 rings (SSSR count). The van der Waals surface area contributed by atoms with E-state index in [0.29, 0.717) is 13.1 Å². The Labute approximate surface area is 149 Å². The lowest BCUT2D eigenvalue weighted by Crippen LogP contribution is -2.43. The molecule has 136 valence electrons. The van der Waals surface area contributed by atoms with E-state index in [2.05, 4.69) is 33.1 Å². The molecule has 1 aliphatic rings. The first-order valence-electron chi connectivity index (χ1n) is 9.05. The molecule has 1 atom stereocenters. The maximum absolute atomic E-state index is 12.2. The van der Waals surface area contributed by atoms with Crippen molar-refractivity contribution in [3.8, 4) is 0 Å². The number of amides is 2. The first-order valence-corrected chi connectivity index (χ1v) is 9.05. The van der Waals surface area contributed by atoms with Gasteiger partial charge in [-0.2, -0.15) is 0 Å². The molecule has 0 spiro atoms. The van der Waals surface area contributed by atoms with Crippen LogP contribution in [0, 0.1) is 6.92 Å². The van der Waals surface area contributed by atoms with Gasteiger partial charge in [0.05, 0.1) is 18.8 Å². The second-order valence-corrected chi connectivity index (χ2v) is 6.72. The van der Waals surface area contributed by atoms with Crippen molar-refractivity contribution >= 4 is 6.03 Å². The summed E-state index contributed by atoms with van der Waals surface area (Å²) in [7, 11) is 2.01. The molecule has 2 N–H and O–H groups in total. The second-order valence-electron chi connectivity index (χ2n) is 6.72. The highest BCUT2D eigenvalue weighted by Gasteiger charge is 2.24. The third-order valence-corrected chi connectivity index (χ3v) is 5.07. The zero-order chi connectivity index (χ0) is 17.6. The van der Waals surface area contributed by atoms with Crippen molar-refractivity contribution < 1.29 is 9.21 Å². The van der Waals surface area contributed by atoms with Crippen molar-refractivity contribution in [2.75, 3.05) is 19.6 Å². The summed E-state index contributed by atoms with van der Waals surface area (Å²) in [6.07, 6.45) is 5.39. The van der Waals surface area contributed by atoms with Crippen LogP contribution in [0.5, 0.6) is 0 Å². The van der Waals surface area contributed by atoms with Gasteiger partial charge < -0.3 is 19.6 Å². The van der Waals surface area contributed by atoms with Gasteiger partial charge in [0.2, 0.25) is 0 Å². The molecule has 6 nitrogen and oxygen atoms in total. The van der Waals surface area contributed by atoms with Crippen LogP contribution >= 0.6 is 0 Å². The van der Waals surface area contributed by atoms with E-state index in [9.17, 15) is 4.79 Å². The van der Waals surface area contributed by atoms with Gasteiger partial charge in [-0.05, 0) is 57.1 Å². The lowest BCUT2D eigenvalue weighted by Gasteiger charge is -2.33. The Hall–Kier alpha value is -2.21. The van der Waals surface area contributed by atoms with Gasteiger partial charge in [0.25, 0.3) is 0 Å². The molecular formula is C19H28N4O2. The molecule has 0 aliphatic carbocycles. The third-order valence-electron chi connectivity index (χ3n) is 5.07. The number of carbonyl (C=O) groups is 1. The Kier molecular flexibility index (Phi) is 5.81. The largest absolute Gasteiger partial charge is 0.468 e. The van der Waals surface area contributed by atoms with E-state index in [1.54, 1.807) is 6.26 Å². The molecule has 25 heavy (non-hydrogen) atoms. The molecular weight excluding hydrogens is 316 g/mol. The number of nitrogens with one attached hydrogen (secondary N) is 2. The minimum absolute atomic E-state index is 0.0957. The number of likely N-dealkylation sites (tertiary alicyclic amines) is 1. The van der Waals surface area contributed by atoms with Crippen LogP contribution < -0.4 is 10.6 Å². The van der Waals surface area contributed by atoms with Crippen LogP contribution in [-0.4, -0.2) is 35.1 Å². The van der Waals surface area contributed by atoms with Crippen molar-refractivity contribution in [2.45, 2.75) is 38.8 Å². The van der Waals surface area contributed by atoms with E-state index in [-0.39, 0.29) is 12.1 Å². The zero-order valence-corrected chi connectivity index (χ0v) is 15.1.